The third kappa shape index (κ3) is 5.94. The molecule has 0 radical (unpaired) electrons. The molecule has 0 bridgehead atoms. The SMILES string of the molecule is CC(C)(C)OC(=O)N1CCOCC1CNC1CCOC(C)(C)C1. The van der Waals surface area contributed by atoms with E-state index in [9.17, 15) is 4.79 Å². The molecular weight excluding hydrogens is 296 g/mol. The molecule has 2 saturated heterocycles. The first-order chi connectivity index (χ1) is 10.7. The lowest BCUT2D eigenvalue weighted by Gasteiger charge is -2.39. The summed E-state index contributed by atoms with van der Waals surface area (Å²) in [5.74, 6) is 0. The van der Waals surface area contributed by atoms with Crippen molar-refractivity contribution in [2.75, 3.05) is 32.9 Å². The molecule has 0 aliphatic carbocycles. The fourth-order valence-electron chi connectivity index (χ4n) is 3.09. The molecular formula is C17H32N2O4. The highest BCUT2D eigenvalue weighted by Crippen LogP contribution is 2.24. The van der Waals surface area contributed by atoms with Gasteiger partial charge in [-0.15, -0.1) is 0 Å². The third-order valence-corrected chi connectivity index (χ3v) is 4.19. The molecule has 2 unspecified atom stereocenters. The van der Waals surface area contributed by atoms with Gasteiger partial charge < -0.3 is 19.5 Å². The maximum absolute atomic E-state index is 12.4. The van der Waals surface area contributed by atoms with Crippen molar-refractivity contribution in [3.8, 4) is 0 Å². The van der Waals surface area contributed by atoms with E-state index in [1.165, 1.54) is 0 Å². The van der Waals surface area contributed by atoms with Crippen molar-refractivity contribution >= 4 is 6.09 Å². The van der Waals surface area contributed by atoms with Crippen LogP contribution in [0.5, 0.6) is 0 Å². The number of carbonyl (C=O) groups is 1. The second kappa shape index (κ2) is 7.36. The van der Waals surface area contributed by atoms with Crippen LogP contribution in [0, 0.1) is 0 Å². The second-order valence-electron chi connectivity index (χ2n) is 8.11. The fourth-order valence-corrected chi connectivity index (χ4v) is 3.09. The van der Waals surface area contributed by atoms with Gasteiger partial charge in [0, 0.05) is 25.7 Å². The standard InChI is InChI=1S/C17H32N2O4/c1-16(2,3)23-15(20)19-7-9-21-12-14(19)11-18-13-6-8-22-17(4,5)10-13/h13-14,18H,6-12H2,1-5H3. The minimum Gasteiger partial charge on any atom is -0.444 e. The number of rotatable bonds is 3. The Labute approximate surface area is 139 Å². The summed E-state index contributed by atoms with van der Waals surface area (Å²) in [4.78, 5) is 14.2. The van der Waals surface area contributed by atoms with E-state index < -0.39 is 5.60 Å². The Hall–Kier alpha value is -0.850. The Kier molecular flexibility index (Phi) is 5.92. The lowest BCUT2D eigenvalue weighted by molar-refractivity contribution is -0.0660. The third-order valence-electron chi connectivity index (χ3n) is 4.19. The largest absolute Gasteiger partial charge is 0.444 e. The van der Waals surface area contributed by atoms with Crippen LogP contribution in [-0.4, -0.2) is 67.2 Å². The van der Waals surface area contributed by atoms with Crippen molar-refractivity contribution in [3.05, 3.63) is 0 Å². The first-order valence-electron chi connectivity index (χ1n) is 8.61. The number of hydrogen-bond donors (Lipinski definition) is 1. The Bertz CT molecular complexity index is 406. The van der Waals surface area contributed by atoms with E-state index in [-0.39, 0.29) is 17.7 Å². The molecule has 0 spiro atoms. The Morgan fingerprint density at radius 1 is 1.35 bits per heavy atom. The summed E-state index contributed by atoms with van der Waals surface area (Å²) in [7, 11) is 0. The van der Waals surface area contributed by atoms with Crippen molar-refractivity contribution in [2.24, 2.45) is 0 Å². The van der Waals surface area contributed by atoms with Crippen LogP contribution in [0.25, 0.3) is 0 Å². The van der Waals surface area contributed by atoms with Gasteiger partial charge in [0.15, 0.2) is 0 Å². The number of nitrogens with zero attached hydrogens (tertiary/aromatic N) is 1. The van der Waals surface area contributed by atoms with Crippen LogP contribution in [0.3, 0.4) is 0 Å². The van der Waals surface area contributed by atoms with E-state index in [4.69, 9.17) is 14.2 Å². The van der Waals surface area contributed by atoms with Crippen molar-refractivity contribution in [3.63, 3.8) is 0 Å². The molecule has 134 valence electrons. The van der Waals surface area contributed by atoms with Gasteiger partial charge in [-0.1, -0.05) is 0 Å². The van der Waals surface area contributed by atoms with Gasteiger partial charge in [0.1, 0.15) is 5.60 Å². The van der Waals surface area contributed by atoms with Crippen LogP contribution in [0.1, 0.15) is 47.5 Å². The minimum atomic E-state index is -0.474. The molecule has 0 aromatic heterocycles. The zero-order chi connectivity index (χ0) is 17.1. The van der Waals surface area contributed by atoms with Gasteiger partial charge in [-0.25, -0.2) is 4.79 Å². The fraction of sp³-hybridized carbons (Fsp3) is 0.941. The van der Waals surface area contributed by atoms with Gasteiger partial charge in [0.25, 0.3) is 0 Å². The normalized spacial score (nSPS) is 28.5. The van der Waals surface area contributed by atoms with Gasteiger partial charge >= 0.3 is 6.09 Å². The average molecular weight is 328 g/mol. The quantitative estimate of drug-likeness (QED) is 0.860. The summed E-state index contributed by atoms with van der Waals surface area (Å²) in [6.45, 7) is 13.1. The highest BCUT2D eigenvalue weighted by Gasteiger charge is 2.33. The highest BCUT2D eigenvalue weighted by molar-refractivity contribution is 5.68. The monoisotopic (exact) mass is 328 g/mol. The zero-order valence-corrected chi connectivity index (χ0v) is 15.2. The van der Waals surface area contributed by atoms with Gasteiger partial charge in [-0.05, 0) is 47.5 Å². The molecule has 2 aliphatic rings. The van der Waals surface area contributed by atoms with Crippen LogP contribution in [0.4, 0.5) is 4.79 Å². The lowest BCUT2D eigenvalue weighted by Crippen LogP contribution is -2.56. The summed E-state index contributed by atoms with van der Waals surface area (Å²) >= 11 is 0. The number of morpholine rings is 1. The van der Waals surface area contributed by atoms with E-state index in [0.717, 1.165) is 26.0 Å². The van der Waals surface area contributed by atoms with Crippen LogP contribution in [-0.2, 0) is 14.2 Å². The molecule has 0 saturated carbocycles. The summed E-state index contributed by atoms with van der Waals surface area (Å²) in [5, 5.41) is 3.59. The van der Waals surface area contributed by atoms with E-state index in [0.29, 0.717) is 25.8 Å². The van der Waals surface area contributed by atoms with Crippen molar-refractivity contribution in [1.29, 1.82) is 0 Å². The van der Waals surface area contributed by atoms with Crippen LogP contribution >= 0.6 is 0 Å². The van der Waals surface area contributed by atoms with Gasteiger partial charge in [0.05, 0.1) is 24.9 Å². The summed E-state index contributed by atoms with van der Waals surface area (Å²) in [6, 6.07) is 0.436. The first kappa shape index (κ1) is 18.5. The van der Waals surface area contributed by atoms with E-state index in [2.05, 4.69) is 19.2 Å². The van der Waals surface area contributed by atoms with Crippen molar-refractivity contribution in [2.45, 2.75) is 70.7 Å². The molecule has 23 heavy (non-hydrogen) atoms. The number of carbonyl (C=O) groups excluding carboxylic acids is 1. The number of amides is 1. The molecule has 2 heterocycles. The highest BCUT2D eigenvalue weighted by atomic mass is 16.6. The maximum atomic E-state index is 12.4. The smallest absolute Gasteiger partial charge is 0.410 e. The van der Waals surface area contributed by atoms with Crippen LogP contribution in [0.15, 0.2) is 0 Å². The van der Waals surface area contributed by atoms with E-state index >= 15 is 0 Å². The number of hydrogen-bond acceptors (Lipinski definition) is 5. The van der Waals surface area contributed by atoms with E-state index in [1.54, 1.807) is 4.90 Å². The predicted molar refractivity (Wildman–Crippen MR) is 88.6 cm³/mol. The van der Waals surface area contributed by atoms with Crippen LogP contribution < -0.4 is 5.32 Å². The molecule has 2 fully saturated rings. The second-order valence-corrected chi connectivity index (χ2v) is 8.11. The maximum Gasteiger partial charge on any atom is 0.410 e. The van der Waals surface area contributed by atoms with Gasteiger partial charge in [-0.3, -0.25) is 4.90 Å². The lowest BCUT2D eigenvalue weighted by atomic mass is 9.94. The number of ether oxygens (including phenoxy) is 3. The predicted octanol–water partition coefficient (Wildman–Crippen LogP) is 2.17. The summed E-state index contributed by atoms with van der Waals surface area (Å²) in [5.41, 5.74) is -0.554. The zero-order valence-electron chi connectivity index (χ0n) is 15.2. The molecule has 6 heteroatoms. The van der Waals surface area contributed by atoms with Crippen LogP contribution in [0.2, 0.25) is 0 Å². The Morgan fingerprint density at radius 3 is 2.74 bits per heavy atom. The molecule has 0 aromatic carbocycles. The number of nitrogens with one attached hydrogen (secondary N) is 1. The average Bonchev–Trinajstić information content (AvgIpc) is 2.42. The molecule has 2 atom stereocenters. The Balaban J connectivity index is 1.87. The molecule has 0 aromatic rings. The first-order valence-corrected chi connectivity index (χ1v) is 8.61. The molecule has 1 N–H and O–H groups in total. The summed E-state index contributed by atoms with van der Waals surface area (Å²) in [6.07, 6.45) is 1.73. The molecule has 6 nitrogen and oxygen atoms in total. The van der Waals surface area contributed by atoms with E-state index in [1.807, 2.05) is 20.8 Å². The topological polar surface area (TPSA) is 60.0 Å². The van der Waals surface area contributed by atoms with Crippen molar-refractivity contribution < 1.29 is 19.0 Å². The van der Waals surface area contributed by atoms with Crippen molar-refractivity contribution in [1.82, 2.24) is 10.2 Å². The van der Waals surface area contributed by atoms with Gasteiger partial charge in [-0.2, -0.15) is 0 Å². The summed E-state index contributed by atoms with van der Waals surface area (Å²) < 4.78 is 16.8. The molecule has 2 rings (SSSR count). The molecule has 2 aliphatic heterocycles. The molecule has 1 amide bonds. The Morgan fingerprint density at radius 2 is 2.09 bits per heavy atom. The van der Waals surface area contributed by atoms with Gasteiger partial charge in [0.2, 0.25) is 0 Å². The minimum absolute atomic E-state index is 0.0181.